The number of nitrogens with one attached hydrogen (secondary N) is 1. The second kappa shape index (κ2) is 5.97. The van der Waals surface area contributed by atoms with Crippen LogP contribution in [-0.4, -0.2) is 42.8 Å². The molecule has 1 aromatic rings. The first kappa shape index (κ1) is 16.7. The lowest BCUT2D eigenvalue weighted by Gasteiger charge is -2.27. The fraction of sp³-hybridized carbons (Fsp3) is 0.538. The molecule has 0 aliphatic heterocycles. The van der Waals surface area contributed by atoms with Gasteiger partial charge in [0.05, 0.1) is 16.9 Å². The summed E-state index contributed by atoms with van der Waals surface area (Å²) in [5, 5.41) is 12.6. The zero-order valence-corrected chi connectivity index (χ0v) is 11.6. The molecule has 0 aromatic heterocycles. The Morgan fingerprint density at radius 2 is 1.85 bits per heavy atom. The summed E-state index contributed by atoms with van der Waals surface area (Å²) in [6.07, 6.45) is -4.57. The molecule has 0 bridgehead atoms. The average molecular weight is 294 g/mol. The van der Waals surface area contributed by atoms with Gasteiger partial charge in [0.2, 0.25) is 0 Å². The third-order valence-corrected chi connectivity index (χ3v) is 2.61. The van der Waals surface area contributed by atoms with E-state index in [9.17, 15) is 22.7 Å². The molecule has 3 nitrogen and oxygen atoms in total. The van der Waals surface area contributed by atoms with Gasteiger partial charge in [-0.25, -0.2) is 4.39 Å². The van der Waals surface area contributed by atoms with Crippen LogP contribution in [0.1, 0.15) is 12.5 Å². The first-order chi connectivity index (χ1) is 9.01. The van der Waals surface area contributed by atoms with Gasteiger partial charge in [-0.1, -0.05) is 0 Å². The number of aliphatic hydroxyl groups is 1. The van der Waals surface area contributed by atoms with Crippen molar-refractivity contribution in [2.45, 2.75) is 18.7 Å². The molecule has 0 spiro atoms. The molecule has 0 heterocycles. The lowest BCUT2D eigenvalue weighted by molar-refractivity contribution is -0.137. The van der Waals surface area contributed by atoms with E-state index in [2.05, 4.69) is 5.32 Å². The Hall–Kier alpha value is -1.34. The van der Waals surface area contributed by atoms with Crippen LogP contribution < -0.4 is 5.32 Å². The van der Waals surface area contributed by atoms with Gasteiger partial charge in [0, 0.05) is 13.1 Å². The second-order valence-corrected chi connectivity index (χ2v) is 5.28. The first-order valence-electron chi connectivity index (χ1n) is 5.99. The molecular formula is C13H18F4N2O. The number of hydrogen-bond donors (Lipinski definition) is 2. The summed E-state index contributed by atoms with van der Waals surface area (Å²) in [6.45, 7) is 1.91. The van der Waals surface area contributed by atoms with Gasteiger partial charge in [-0.2, -0.15) is 13.2 Å². The van der Waals surface area contributed by atoms with Crippen molar-refractivity contribution in [3.63, 3.8) is 0 Å². The summed E-state index contributed by atoms with van der Waals surface area (Å²) in [5.74, 6) is -1.000. The SMILES string of the molecule is CN(C)CC(C)(O)CNc1ccc(C(F)(F)F)cc1F. The predicted molar refractivity (Wildman–Crippen MR) is 69.1 cm³/mol. The van der Waals surface area contributed by atoms with Crippen molar-refractivity contribution >= 4 is 5.69 Å². The zero-order valence-electron chi connectivity index (χ0n) is 11.6. The number of anilines is 1. The highest BCUT2D eigenvalue weighted by Gasteiger charge is 2.31. The molecule has 0 aliphatic rings. The molecular weight excluding hydrogens is 276 g/mol. The number of nitrogens with zero attached hydrogens (tertiary/aromatic N) is 1. The molecule has 1 aromatic carbocycles. The van der Waals surface area contributed by atoms with Crippen LogP contribution in [0.3, 0.4) is 0 Å². The Balaban J connectivity index is 2.75. The van der Waals surface area contributed by atoms with Crippen molar-refractivity contribution in [3.8, 4) is 0 Å². The minimum absolute atomic E-state index is 0.0213. The molecule has 1 unspecified atom stereocenters. The van der Waals surface area contributed by atoms with E-state index in [0.29, 0.717) is 12.6 Å². The lowest BCUT2D eigenvalue weighted by Crippen LogP contribution is -2.43. The molecule has 2 N–H and O–H groups in total. The number of alkyl halides is 3. The lowest BCUT2D eigenvalue weighted by atomic mass is 10.1. The number of rotatable bonds is 5. The van der Waals surface area contributed by atoms with Crippen molar-refractivity contribution in [3.05, 3.63) is 29.6 Å². The highest BCUT2D eigenvalue weighted by Crippen LogP contribution is 2.31. The van der Waals surface area contributed by atoms with Crippen LogP contribution >= 0.6 is 0 Å². The van der Waals surface area contributed by atoms with Crippen LogP contribution in [0.4, 0.5) is 23.2 Å². The van der Waals surface area contributed by atoms with Crippen molar-refractivity contribution in [1.29, 1.82) is 0 Å². The molecule has 7 heteroatoms. The second-order valence-electron chi connectivity index (χ2n) is 5.28. The minimum Gasteiger partial charge on any atom is -0.387 e. The monoisotopic (exact) mass is 294 g/mol. The zero-order chi connectivity index (χ0) is 15.6. The van der Waals surface area contributed by atoms with Gasteiger partial charge in [-0.15, -0.1) is 0 Å². The Bertz CT molecular complexity index is 458. The molecule has 1 atom stereocenters. The van der Waals surface area contributed by atoms with Crippen LogP contribution in [0.15, 0.2) is 18.2 Å². The van der Waals surface area contributed by atoms with Gasteiger partial charge in [0.1, 0.15) is 5.82 Å². The minimum atomic E-state index is -4.57. The third kappa shape index (κ3) is 4.97. The Morgan fingerprint density at radius 3 is 2.30 bits per heavy atom. The normalized spacial score (nSPS) is 15.2. The fourth-order valence-corrected chi connectivity index (χ4v) is 1.86. The van der Waals surface area contributed by atoms with E-state index in [1.54, 1.807) is 25.9 Å². The molecule has 0 fully saturated rings. The molecule has 20 heavy (non-hydrogen) atoms. The Kier molecular flexibility index (Phi) is 4.99. The molecule has 0 saturated heterocycles. The Morgan fingerprint density at radius 1 is 1.25 bits per heavy atom. The van der Waals surface area contributed by atoms with Crippen LogP contribution in [0.2, 0.25) is 0 Å². The third-order valence-electron chi connectivity index (χ3n) is 2.61. The molecule has 114 valence electrons. The van der Waals surface area contributed by atoms with Crippen molar-refractivity contribution in [2.75, 3.05) is 32.5 Å². The molecule has 0 amide bonds. The standard InChI is InChI=1S/C13H18F4N2O/c1-12(20,8-19(2)3)7-18-11-5-4-9(6-10(11)14)13(15,16)17/h4-6,18,20H,7-8H2,1-3H3. The average Bonchev–Trinajstić information content (AvgIpc) is 2.24. The molecule has 0 aliphatic carbocycles. The first-order valence-corrected chi connectivity index (χ1v) is 5.99. The van der Waals surface area contributed by atoms with Gasteiger partial charge >= 0.3 is 6.18 Å². The summed E-state index contributed by atoms with van der Waals surface area (Å²) in [5.41, 5.74) is -2.24. The van der Waals surface area contributed by atoms with Crippen LogP contribution in [0.25, 0.3) is 0 Å². The maximum atomic E-state index is 13.6. The van der Waals surface area contributed by atoms with Gasteiger partial charge in [0.15, 0.2) is 0 Å². The summed E-state index contributed by atoms with van der Waals surface area (Å²) < 4.78 is 50.7. The Labute approximate surface area is 115 Å². The number of likely N-dealkylation sites (N-methyl/N-ethyl adjacent to an activating group) is 1. The van der Waals surface area contributed by atoms with Crippen molar-refractivity contribution in [2.24, 2.45) is 0 Å². The maximum absolute atomic E-state index is 13.6. The smallest absolute Gasteiger partial charge is 0.387 e. The highest BCUT2D eigenvalue weighted by atomic mass is 19.4. The van der Waals surface area contributed by atoms with Gasteiger partial charge in [0.25, 0.3) is 0 Å². The number of hydrogen-bond acceptors (Lipinski definition) is 3. The quantitative estimate of drug-likeness (QED) is 0.819. The van der Waals surface area contributed by atoms with Crippen LogP contribution in [0.5, 0.6) is 0 Å². The summed E-state index contributed by atoms with van der Waals surface area (Å²) in [4.78, 5) is 1.75. The topological polar surface area (TPSA) is 35.5 Å². The molecule has 0 saturated carbocycles. The van der Waals surface area contributed by atoms with Crippen LogP contribution in [-0.2, 0) is 6.18 Å². The van der Waals surface area contributed by atoms with Crippen molar-refractivity contribution in [1.82, 2.24) is 4.90 Å². The largest absolute Gasteiger partial charge is 0.416 e. The van der Waals surface area contributed by atoms with Gasteiger partial charge in [-0.3, -0.25) is 0 Å². The maximum Gasteiger partial charge on any atom is 0.416 e. The number of halogens is 4. The fourth-order valence-electron chi connectivity index (χ4n) is 1.86. The number of benzene rings is 1. The summed E-state index contributed by atoms with van der Waals surface area (Å²) in [6, 6.07) is 2.25. The molecule has 0 radical (unpaired) electrons. The predicted octanol–water partition coefficient (Wildman–Crippen LogP) is 2.57. The van der Waals surface area contributed by atoms with E-state index in [-0.39, 0.29) is 12.2 Å². The van der Waals surface area contributed by atoms with Crippen molar-refractivity contribution < 1.29 is 22.7 Å². The van der Waals surface area contributed by atoms with E-state index in [1.807, 2.05) is 0 Å². The van der Waals surface area contributed by atoms with E-state index in [0.717, 1.165) is 12.1 Å². The van der Waals surface area contributed by atoms with E-state index in [1.165, 1.54) is 0 Å². The summed E-state index contributed by atoms with van der Waals surface area (Å²) in [7, 11) is 3.54. The highest BCUT2D eigenvalue weighted by molar-refractivity contribution is 5.47. The van der Waals surface area contributed by atoms with Gasteiger partial charge in [-0.05, 0) is 39.2 Å². The van der Waals surface area contributed by atoms with Gasteiger partial charge < -0.3 is 15.3 Å². The van der Waals surface area contributed by atoms with E-state index in [4.69, 9.17) is 0 Å². The molecule has 1 rings (SSSR count). The van der Waals surface area contributed by atoms with E-state index >= 15 is 0 Å². The summed E-state index contributed by atoms with van der Waals surface area (Å²) >= 11 is 0. The van der Waals surface area contributed by atoms with Crippen LogP contribution in [0, 0.1) is 5.82 Å². The van der Waals surface area contributed by atoms with E-state index < -0.39 is 23.2 Å².